The van der Waals surface area contributed by atoms with Crippen LogP contribution in [0.15, 0.2) is 42.5 Å². The van der Waals surface area contributed by atoms with Crippen LogP contribution in [-0.2, 0) is 16.0 Å². The maximum Gasteiger partial charge on any atom is 0.226 e. The summed E-state index contributed by atoms with van der Waals surface area (Å²) in [6, 6.07) is 9.51. The number of nitrogens with one attached hydrogen (secondary N) is 1. The van der Waals surface area contributed by atoms with Crippen LogP contribution in [0.4, 0.5) is 18.9 Å². The van der Waals surface area contributed by atoms with Crippen molar-refractivity contribution in [3.63, 3.8) is 0 Å². The lowest BCUT2D eigenvalue weighted by atomic mass is 10.1. The zero-order valence-electron chi connectivity index (χ0n) is 14.3. The van der Waals surface area contributed by atoms with Crippen LogP contribution in [0.25, 0.3) is 0 Å². The summed E-state index contributed by atoms with van der Waals surface area (Å²) in [6.07, 6.45) is 0.167. The van der Waals surface area contributed by atoms with Crippen molar-refractivity contribution in [2.24, 2.45) is 0 Å². The Morgan fingerprint density at radius 2 is 1.54 bits per heavy atom. The molecule has 4 nitrogen and oxygen atoms in total. The van der Waals surface area contributed by atoms with Crippen molar-refractivity contribution in [1.82, 2.24) is 4.90 Å². The Morgan fingerprint density at radius 3 is 2.15 bits per heavy atom. The summed E-state index contributed by atoms with van der Waals surface area (Å²) in [5.74, 6) is -3.00. The van der Waals surface area contributed by atoms with Gasteiger partial charge in [0.1, 0.15) is 23.1 Å². The van der Waals surface area contributed by atoms with E-state index in [0.717, 1.165) is 12.1 Å². The summed E-state index contributed by atoms with van der Waals surface area (Å²) in [6.45, 7) is 1.64. The summed E-state index contributed by atoms with van der Waals surface area (Å²) in [5.41, 5.74) is -0.0464. The molecule has 2 aromatic carbocycles. The van der Waals surface area contributed by atoms with E-state index in [4.69, 9.17) is 0 Å². The lowest BCUT2D eigenvalue weighted by molar-refractivity contribution is -0.129. The highest BCUT2D eigenvalue weighted by atomic mass is 19.1. The first-order valence-corrected chi connectivity index (χ1v) is 8.11. The van der Waals surface area contributed by atoms with Crippen molar-refractivity contribution in [2.75, 3.05) is 18.4 Å². The van der Waals surface area contributed by atoms with Gasteiger partial charge in [0.15, 0.2) is 0 Å². The van der Waals surface area contributed by atoms with Gasteiger partial charge in [0, 0.05) is 26.4 Å². The number of carbonyl (C=O) groups excluding carboxylic acids is 2. The molecule has 26 heavy (non-hydrogen) atoms. The second-order valence-electron chi connectivity index (χ2n) is 5.74. The summed E-state index contributed by atoms with van der Waals surface area (Å²) in [4.78, 5) is 25.0. The fourth-order valence-corrected chi connectivity index (χ4v) is 2.44. The number of carbonyl (C=O) groups is 2. The fourth-order valence-electron chi connectivity index (χ4n) is 2.44. The molecule has 0 aliphatic carbocycles. The summed E-state index contributed by atoms with van der Waals surface area (Å²) >= 11 is 0. The first-order valence-electron chi connectivity index (χ1n) is 8.11. The van der Waals surface area contributed by atoms with Gasteiger partial charge < -0.3 is 10.2 Å². The molecule has 0 radical (unpaired) electrons. The Kier molecular flexibility index (Phi) is 6.77. The minimum atomic E-state index is -0.874. The second-order valence-corrected chi connectivity index (χ2v) is 5.74. The van der Waals surface area contributed by atoms with Gasteiger partial charge in [-0.15, -0.1) is 0 Å². The average molecular weight is 364 g/mol. The Labute approximate surface area is 149 Å². The minimum absolute atomic E-state index is 0.0612. The van der Waals surface area contributed by atoms with Crippen LogP contribution in [0.1, 0.15) is 18.9 Å². The third-order valence-corrected chi connectivity index (χ3v) is 3.89. The Hall–Kier alpha value is -2.83. The summed E-state index contributed by atoms with van der Waals surface area (Å²) in [7, 11) is 0. The van der Waals surface area contributed by atoms with Gasteiger partial charge in [0.2, 0.25) is 11.8 Å². The third kappa shape index (κ3) is 5.34. The van der Waals surface area contributed by atoms with Gasteiger partial charge in [-0.2, -0.15) is 0 Å². The molecule has 0 unspecified atom stereocenters. The molecule has 0 heterocycles. The van der Waals surface area contributed by atoms with Gasteiger partial charge in [0.25, 0.3) is 0 Å². The molecule has 0 spiro atoms. The van der Waals surface area contributed by atoms with Gasteiger partial charge in [-0.3, -0.25) is 9.59 Å². The van der Waals surface area contributed by atoms with Crippen molar-refractivity contribution in [1.29, 1.82) is 0 Å². The Bertz CT molecular complexity index is 776. The van der Waals surface area contributed by atoms with Crippen LogP contribution >= 0.6 is 0 Å². The normalized spacial score (nSPS) is 10.5. The number of hydrogen-bond acceptors (Lipinski definition) is 2. The molecule has 0 aliphatic heterocycles. The van der Waals surface area contributed by atoms with Gasteiger partial charge in [0.05, 0.1) is 0 Å². The van der Waals surface area contributed by atoms with E-state index in [1.807, 2.05) is 0 Å². The predicted octanol–water partition coefficient (Wildman–Crippen LogP) is 3.52. The van der Waals surface area contributed by atoms with E-state index in [1.165, 1.54) is 24.0 Å². The Morgan fingerprint density at radius 1 is 0.923 bits per heavy atom. The second kappa shape index (κ2) is 9.03. The van der Waals surface area contributed by atoms with Crippen molar-refractivity contribution in [3.05, 3.63) is 65.5 Å². The van der Waals surface area contributed by atoms with Crippen LogP contribution < -0.4 is 5.32 Å². The molecule has 0 saturated heterocycles. The van der Waals surface area contributed by atoms with Crippen LogP contribution in [0.2, 0.25) is 0 Å². The van der Waals surface area contributed by atoms with E-state index in [2.05, 4.69) is 5.32 Å². The number of rotatable bonds is 7. The minimum Gasteiger partial charge on any atom is -0.342 e. The largest absolute Gasteiger partial charge is 0.342 e. The van der Waals surface area contributed by atoms with Crippen molar-refractivity contribution in [3.8, 4) is 0 Å². The lowest BCUT2D eigenvalue weighted by Gasteiger charge is -2.21. The predicted molar refractivity (Wildman–Crippen MR) is 92.0 cm³/mol. The number of amides is 2. The van der Waals surface area contributed by atoms with Crippen LogP contribution in [0, 0.1) is 17.5 Å². The number of nitrogens with zero attached hydrogens (tertiary/aromatic N) is 1. The van der Waals surface area contributed by atoms with Crippen LogP contribution in [0.3, 0.4) is 0 Å². The topological polar surface area (TPSA) is 49.4 Å². The number of hydrogen-bond donors (Lipinski definition) is 1. The van der Waals surface area contributed by atoms with Gasteiger partial charge in [-0.25, -0.2) is 13.2 Å². The SMILES string of the molecule is CC(=O)N(CCC(=O)Nc1c(F)cccc1F)CCc1ccccc1F. The molecule has 0 atom stereocenters. The number of halogens is 3. The molecule has 138 valence electrons. The molecule has 0 bridgehead atoms. The van der Waals surface area contributed by atoms with E-state index in [0.29, 0.717) is 12.0 Å². The van der Waals surface area contributed by atoms with E-state index < -0.39 is 23.2 Å². The van der Waals surface area contributed by atoms with Gasteiger partial charge >= 0.3 is 0 Å². The highest BCUT2D eigenvalue weighted by Crippen LogP contribution is 2.18. The monoisotopic (exact) mass is 364 g/mol. The zero-order valence-corrected chi connectivity index (χ0v) is 14.3. The molecule has 2 amide bonds. The molecule has 0 fully saturated rings. The van der Waals surface area contributed by atoms with E-state index in [1.54, 1.807) is 18.2 Å². The standard InChI is InChI=1S/C19H19F3N2O2/c1-13(25)24(11-9-14-5-2-3-6-15(14)20)12-10-18(26)23-19-16(21)7-4-8-17(19)22/h2-8H,9-12H2,1H3,(H,23,26). The lowest BCUT2D eigenvalue weighted by Crippen LogP contribution is -2.34. The number of anilines is 1. The molecular weight excluding hydrogens is 345 g/mol. The van der Waals surface area contributed by atoms with E-state index in [-0.39, 0.29) is 31.2 Å². The molecule has 0 aromatic heterocycles. The molecule has 7 heteroatoms. The first-order chi connectivity index (χ1) is 12.4. The molecule has 0 aliphatic rings. The quantitative estimate of drug-likeness (QED) is 0.817. The molecule has 1 N–H and O–H groups in total. The molecule has 2 rings (SSSR count). The van der Waals surface area contributed by atoms with Gasteiger partial charge in [-0.05, 0) is 30.2 Å². The molecule has 0 saturated carbocycles. The summed E-state index contributed by atoms with van der Waals surface area (Å²) < 4.78 is 40.7. The van der Waals surface area contributed by atoms with Gasteiger partial charge in [-0.1, -0.05) is 24.3 Å². The van der Waals surface area contributed by atoms with E-state index in [9.17, 15) is 22.8 Å². The van der Waals surface area contributed by atoms with Crippen molar-refractivity contribution < 1.29 is 22.8 Å². The number of para-hydroxylation sites is 1. The third-order valence-electron chi connectivity index (χ3n) is 3.89. The maximum atomic E-state index is 13.6. The van der Waals surface area contributed by atoms with E-state index >= 15 is 0 Å². The Balaban J connectivity index is 1.91. The highest BCUT2D eigenvalue weighted by Gasteiger charge is 2.15. The molecular formula is C19H19F3N2O2. The smallest absolute Gasteiger partial charge is 0.226 e. The maximum absolute atomic E-state index is 13.6. The number of benzene rings is 2. The fraction of sp³-hybridized carbons (Fsp3) is 0.263. The average Bonchev–Trinajstić information content (AvgIpc) is 2.59. The van der Waals surface area contributed by atoms with Crippen LogP contribution in [0.5, 0.6) is 0 Å². The van der Waals surface area contributed by atoms with Crippen molar-refractivity contribution >= 4 is 17.5 Å². The highest BCUT2D eigenvalue weighted by molar-refractivity contribution is 5.91. The first kappa shape index (κ1) is 19.5. The van der Waals surface area contributed by atoms with Crippen molar-refractivity contribution in [2.45, 2.75) is 19.8 Å². The zero-order chi connectivity index (χ0) is 19.1. The summed E-state index contributed by atoms with van der Waals surface area (Å²) in [5, 5.41) is 2.17. The molecule has 2 aromatic rings. The van der Waals surface area contributed by atoms with Crippen LogP contribution in [-0.4, -0.2) is 29.8 Å².